The van der Waals surface area contributed by atoms with E-state index in [9.17, 15) is 13.0 Å². The van der Waals surface area contributed by atoms with Gasteiger partial charge < -0.3 is 9.29 Å². The maximum Gasteiger partial charge on any atom is 1.00 e. The standard InChI is InChI=1S/C8H9BrO4S.Na/c1-2-13-7-4-3-6(9)5-8(7)14(10,11)12;/h3-5H,2H2,1H3,(H,10,11,12);/q;+1/p-1. The Morgan fingerprint density at radius 2 is 2.07 bits per heavy atom. The van der Waals surface area contributed by atoms with Crippen LogP contribution in [0.15, 0.2) is 27.6 Å². The van der Waals surface area contributed by atoms with E-state index in [1.54, 1.807) is 13.0 Å². The monoisotopic (exact) mass is 302 g/mol. The zero-order valence-electron chi connectivity index (χ0n) is 8.36. The third-order valence-electron chi connectivity index (χ3n) is 1.47. The molecule has 1 rings (SSSR count). The molecule has 0 aliphatic rings. The second-order valence-corrected chi connectivity index (χ2v) is 4.74. The minimum Gasteiger partial charge on any atom is -0.744 e. The summed E-state index contributed by atoms with van der Waals surface area (Å²) in [5.74, 6) is 0.0886. The van der Waals surface area contributed by atoms with Crippen LogP contribution in [-0.2, 0) is 10.1 Å². The Labute approximate surface area is 119 Å². The number of benzene rings is 1. The molecule has 0 aliphatic heterocycles. The number of hydrogen-bond acceptors (Lipinski definition) is 4. The molecule has 0 heterocycles. The molecule has 0 amide bonds. The molecule has 4 nitrogen and oxygen atoms in total. The van der Waals surface area contributed by atoms with Gasteiger partial charge in [-0.15, -0.1) is 0 Å². The molecule has 7 heteroatoms. The Hall–Kier alpha value is 0.410. The molecule has 1 aromatic carbocycles. The first-order valence-corrected chi connectivity index (χ1v) is 6.03. The van der Waals surface area contributed by atoms with Gasteiger partial charge in [0.2, 0.25) is 0 Å². The van der Waals surface area contributed by atoms with Crippen LogP contribution in [-0.4, -0.2) is 19.6 Å². The van der Waals surface area contributed by atoms with Crippen molar-refractivity contribution >= 4 is 26.0 Å². The second-order valence-electron chi connectivity index (χ2n) is 2.48. The summed E-state index contributed by atoms with van der Waals surface area (Å²) in [5, 5.41) is 0. The van der Waals surface area contributed by atoms with Crippen molar-refractivity contribution in [3.63, 3.8) is 0 Å². The van der Waals surface area contributed by atoms with Gasteiger partial charge in [0.05, 0.1) is 11.5 Å². The molecule has 0 unspecified atom stereocenters. The zero-order valence-corrected chi connectivity index (χ0v) is 12.8. The summed E-state index contributed by atoms with van der Waals surface area (Å²) < 4.78 is 38.0. The predicted octanol–water partition coefficient (Wildman–Crippen LogP) is -1.24. The van der Waals surface area contributed by atoms with Gasteiger partial charge in [-0.3, -0.25) is 0 Å². The van der Waals surface area contributed by atoms with Crippen molar-refractivity contribution < 1.29 is 47.3 Å². The first-order chi connectivity index (χ1) is 6.45. The number of hydrogen-bond donors (Lipinski definition) is 0. The fourth-order valence-electron chi connectivity index (χ4n) is 0.952. The van der Waals surface area contributed by atoms with E-state index in [0.29, 0.717) is 11.1 Å². The van der Waals surface area contributed by atoms with Gasteiger partial charge in [-0.25, -0.2) is 8.42 Å². The Morgan fingerprint density at radius 3 is 2.53 bits per heavy atom. The normalized spacial score (nSPS) is 10.6. The van der Waals surface area contributed by atoms with Gasteiger partial charge in [0.15, 0.2) is 0 Å². The number of halogens is 1. The fraction of sp³-hybridized carbons (Fsp3) is 0.250. The van der Waals surface area contributed by atoms with Gasteiger partial charge >= 0.3 is 29.6 Å². The molecule has 0 aliphatic carbocycles. The molecular weight excluding hydrogens is 295 g/mol. The largest absolute Gasteiger partial charge is 1.00 e. The van der Waals surface area contributed by atoms with Crippen LogP contribution in [0.2, 0.25) is 0 Å². The molecule has 0 saturated carbocycles. The summed E-state index contributed by atoms with van der Waals surface area (Å²) in [6.07, 6.45) is 0. The van der Waals surface area contributed by atoms with E-state index < -0.39 is 10.1 Å². The minimum absolute atomic E-state index is 0. The SMILES string of the molecule is CCOc1ccc(Br)cc1S(=O)(=O)[O-].[Na+]. The van der Waals surface area contributed by atoms with Crippen molar-refractivity contribution in [1.82, 2.24) is 0 Å². The molecule has 1 aromatic rings. The van der Waals surface area contributed by atoms with Crippen LogP contribution >= 0.6 is 15.9 Å². The summed E-state index contributed by atoms with van der Waals surface area (Å²) in [6, 6.07) is 4.28. The van der Waals surface area contributed by atoms with Crippen LogP contribution in [0.1, 0.15) is 6.92 Å². The Balaban J connectivity index is 0.00000196. The third-order valence-corrected chi connectivity index (χ3v) is 2.83. The van der Waals surface area contributed by atoms with Crippen LogP contribution in [0.5, 0.6) is 5.75 Å². The van der Waals surface area contributed by atoms with Gasteiger partial charge in [0.25, 0.3) is 0 Å². The quantitative estimate of drug-likeness (QED) is 0.517. The van der Waals surface area contributed by atoms with Crippen molar-refractivity contribution in [2.45, 2.75) is 11.8 Å². The van der Waals surface area contributed by atoms with E-state index in [-0.39, 0.29) is 40.2 Å². The van der Waals surface area contributed by atoms with Crippen LogP contribution in [0, 0.1) is 0 Å². The van der Waals surface area contributed by atoms with Crippen LogP contribution in [0.25, 0.3) is 0 Å². The maximum atomic E-state index is 10.8. The van der Waals surface area contributed by atoms with E-state index in [2.05, 4.69) is 15.9 Å². The van der Waals surface area contributed by atoms with Crippen molar-refractivity contribution in [2.75, 3.05) is 6.61 Å². The summed E-state index contributed by atoms with van der Waals surface area (Å²) in [7, 11) is -4.48. The predicted molar refractivity (Wildman–Crippen MR) is 53.3 cm³/mol. The summed E-state index contributed by atoms with van der Waals surface area (Å²) in [6.45, 7) is 2.02. The molecule has 0 atom stereocenters. The van der Waals surface area contributed by atoms with Crippen molar-refractivity contribution in [3.05, 3.63) is 22.7 Å². The molecule has 0 fully saturated rings. The first kappa shape index (κ1) is 15.4. The zero-order chi connectivity index (χ0) is 10.8. The van der Waals surface area contributed by atoms with E-state index in [4.69, 9.17) is 4.74 Å². The van der Waals surface area contributed by atoms with E-state index in [1.807, 2.05) is 0 Å². The van der Waals surface area contributed by atoms with E-state index in [0.717, 1.165) is 0 Å². The smallest absolute Gasteiger partial charge is 0.744 e. The van der Waals surface area contributed by atoms with Gasteiger partial charge in [-0.05, 0) is 25.1 Å². The molecule has 15 heavy (non-hydrogen) atoms. The summed E-state index contributed by atoms with van der Waals surface area (Å²) in [5.41, 5.74) is 0. The molecule has 0 radical (unpaired) electrons. The van der Waals surface area contributed by atoms with E-state index >= 15 is 0 Å². The van der Waals surface area contributed by atoms with Crippen LogP contribution in [0.4, 0.5) is 0 Å². The molecule has 0 aromatic heterocycles. The maximum absolute atomic E-state index is 10.8. The Kier molecular flexibility index (Phi) is 6.39. The van der Waals surface area contributed by atoms with Crippen LogP contribution in [0.3, 0.4) is 0 Å². The van der Waals surface area contributed by atoms with Gasteiger partial charge in [0, 0.05) is 4.47 Å². The van der Waals surface area contributed by atoms with Crippen molar-refractivity contribution in [1.29, 1.82) is 0 Å². The minimum atomic E-state index is -4.48. The number of rotatable bonds is 3. The van der Waals surface area contributed by atoms with Crippen LogP contribution < -0.4 is 34.3 Å². The van der Waals surface area contributed by atoms with Crippen molar-refractivity contribution in [3.8, 4) is 5.75 Å². The molecular formula is C8H8BrNaO4S. The first-order valence-electron chi connectivity index (χ1n) is 3.83. The average molecular weight is 303 g/mol. The third kappa shape index (κ3) is 4.42. The van der Waals surface area contributed by atoms with Gasteiger partial charge in [-0.2, -0.15) is 0 Å². The van der Waals surface area contributed by atoms with Gasteiger partial charge in [0.1, 0.15) is 15.9 Å². The Morgan fingerprint density at radius 1 is 1.47 bits per heavy atom. The van der Waals surface area contributed by atoms with Crippen molar-refractivity contribution in [2.24, 2.45) is 0 Å². The Bertz CT molecular complexity index is 432. The average Bonchev–Trinajstić information content (AvgIpc) is 2.07. The fourth-order valence-corrected chi connectivity index (χ4v) is 2.11. The topological polar surface area (TPSA) is 66.4 Å². The summed E-state index contributed by atoms with van der Waals surface area (Å²) in [4.78, 5) is -0.339. The van der Waals surface area contributed by atoms with E-state index in [1.165, 1.54) is 12.1 Å². The molecule has 0 spiro atoms. The molecule has 0 bridgehead atoms. The molecule has 0 N–H and O–H groups in total. The second kappa shape index (κ2) is 6.22. The number of ether oxygens (including phenoxy) is 1. The molecule has 78 valence electrons. The van der Waals surface area contributed by atoms with Gasteiger partial charge in [-0.1, -0.05) is 15.9 Å². The summed E-state index contributed by atoms with van der Waals surface area (Å²) >= 11 is 3.08. The molecule has 0 saturated heterocycles.